The minimum absolute atomic E-state index is 0.0865. The molecule has 3 rings (SSSR count). The molecule has 0 N–H and O–H groups in total. The molecule has 0 atom stereocenters. The van der Waals surface area contributed by atoms with Crippen molar-refractivity contribution in [2.24, 2.45) is 0 Å². The van der Waals surface area contributed by atoms with Crippen LogP contribution in [0.25, 0.3) is 0 Å². The number of esters is 1. The molecule has 2 aromatic carbocycles. The maximum Gasteiger partial charge on any atom is 0.420 e. The zero-order chi connectivity index (χ0) is 18.4. The first-order valence-electron chi connectivity index (χ1n) is 7.80. The smallest absolute Gasteiger partial charge is 0.420 e. The van der Waals surface area contributed by atoms with E-state index in [0.717, 1.165) is 15.7 Å². The summed E-state index contributed by atoms with van der Waals surface area (Å²) >= 11 is 3.16. The molecular formula is C19H15BrN2O4. The molecule has 0 spiro atoms. The number of ether oxygens (including phenoxy) is 2. The van der Waals surface area contributed by atoms with E-state index in [9.17, 15) is 9.59 Å². The summed E-state index contributed by atoms with van der Waals surface area (Å²) in [6.45, 7) is 0.178. The summed E-state index contributed by atoms with van der Waals surface area (Å²) in [6, 6.07) is 18.5. The molecule has 0 bridgehead atoms. The highest BCUT2D eigenvalue weighted by molar-refractivity contribution is 9.10. The fraction of sp³-hybridized carbons (Fsp3) is 0.105. The largest absolute Gasteiger partial charge is 0.455 e. The van der Waals surface area contributed by atoms with Crippen LogP contribution in [0.15, 0.2) is 71.5 Å². The molecule has 0 aliphatic carbocycles. The first-order chi connectivity index (χ1) is 12.6. The third-order valence-electron chi connectivity index (χ3n) is 3.47. The number of aromatic nitrogens is 2. The van der Waals surface area contributed by atoms with E-state index in [2.05, 4.69) is 20.9 Å². The second kappa shape index (κ2) is 8.44. The Morgan fingerprint density at radius 3 is 2.00 bits per heavy atom. The fourth-order valence-corrected chi connectivity index (χ4v) is 2.58. The van der Waals surface area contributed by atoms with Gasteiger partial charge in [0.15, 0.2) is 0 Å². The van der Waals surface area contributed by atoms with Crippen LogP contribution in [0.5, 0.6) is 0 Å². The van der Waals surface area contributed by atoms with Gasteiger partial charge in [0, 0.05) is 0 Å². The van der Waals surface area contributed by atoms with E-state index in [1.807, 2.05) is 60.7 Å². The normalized spacial score (nSPS) is 10.3. The van der Waals surface area contributed by atoms with Crippen molar-refractivity contribution in [3.8, 4) is 0 Å². The lowest BCUT2D eigenvalue weighted by Gasteiger charge is -2.08. The van der Waals surface area contributed by atoms with Gasteiger partial charge < -0.3 is 9.47 Å². The van der Waals surface area contributed by atoms with Crippen LogP contribution in [0, 0.1) is 0 Å². The maximum absolute atomic E-state index is 12.3. The third kappa shape index (κ3) is 4.58. The van der Waals surface area contributed by atoms with Crippen molar-refractivity contribution < 1.29 is 19.1 Å². The molecule has 0 radical (unpaired) electrons. The Labute approximate surface area is 158 Å². The van der Waals surface area contributed by atoms with E-state index in [4.69, 9.17) is 9.47 Å². The van der Waals surface area contributed by atoms with Crippen molar-refractivity contribution in [1.29, 1.82) is 0 Å². The Morgan fingerprint density at radius 1 is 0.885 bits per heavy atom. The van der Waals surface area contributed by atoms with Gasteiger partial charge in [-0.25, -0.2) is 19.1 Å². The summed E-state index contributed by atoms with van der Waals surface area (Å²) in [7, 11) is 0. The monoisotopic (exact) mass is 414 g/mol. The Bertz CT molecular complexity index is 821. The molecule has 1 heterocycles. The number of benzene rings is 2. The summed E-state index contributed by atoms with van der Waals surface area (Å²) in [4.78, 5) is 28.6. The molecule has 3 aromatic rings. The maximum atomic E-state index is 12.3. The van der Waals surface area contributed by atoms with E-state index in [1.165, 1.54) is 6.20 Å². The molecule has 0 amide bonds. The van der Waals surface area contributed by atoms with Crippen LogP contribution < -0.4 is 0 Å². The Hall–Kier alpha value is -2.93. The standard InChI is InChI=1S/C19H15BrN2O4/c20-16-11-22(19(24)26-13-15-9-5-2-6-10-15)17(21-16)18(23)25-12-14-7-3-1-4-8-14/h1-11H,12-13H2. The fourth-order valence-electron chi connectivity index (χ4n) is 2.21. The van der Waals surface area contributed by atoms with Crippen LogP contribution in [-0.2, 0) is 22.7 Å². The van der Waals surface area contributed by atoms with Crippen molar-refractivity contribution in [2.45, 2.75) is 13.2 Å². The van der Waals surface area contributed by atoms with Crippen LogP contribution in [0.3, 0.4) is 0 Å². The lowest BCUT2D eigenvalue weighted by Crippen LogP contribution is -2.20. The summed E-state index contributed by atoms with van der Waals surface area (Å²) in [5.74, 6) is -0.859. The first kappa shape index (κ1) is 17.9. The van der Waals surface area contributed by atoms with Gasteiger partial charge in [-0.15, -0.1) is 0 Å². The number of halogens is 1. The average molecular weight is 415 g/mol. The number of nitrogens with zero attached hydrogens (tertiary/aromatic N) is 2. The van der Waals surface area contributed by atoms with Crippen LogP contribution in [0.2, 0.25) is 0 Å². The van der Waals surface area contributed by atoms with Crippen molar-refractivity contribution in [1.82, 2.24) is 9.55 Å². The molecule has 7 heteroatoms. The van der Waals surface area contributed by atoms with Gasteiger partial charge in [-0.3, -0.25) is 0 Å². The first-order valence-corrected chi connectivity index (χ1v) is 8.60. The van der Waals surface area contributed by atoms with Crippen LogP contribution in [-0.4, -0.2) is 21.6 Å². The summed E-state index contributed by atoms with van der Waals surface area (Å²) in [5, 5.41) is 0. The predicted octanol–water partition coefficient (Wildman–Crippen LogP) is 4.19. The number of imidazole rings is 1. The lowest BCUT2D eigenvalue weighted by molar-refractivity contribution is 0.0449. The van der Waals surface area contributed by atoms with E-state index < -0.39 is 12.1 Å². The van der Waals surface area contributed by atoms with Gasteiger partial charge in [0.25, 0.3) is 0 Å². The van der Waals surface area contributed by atoms with Crippen molar-refractivity contribution in [3.05, 3.63) is 88.4 Å². The second-order valence-electron chi connectivity index (χ2n) is 5.36. The molecule has 0 saturated carbocycles. The SMILES string of the molecule is O=C(OCc1ccccc1)c1nc(Br)cn1C(=O)OCc1ccccc1. The Morgan fingerprint density at radius 2 is 1.42 bits per heavy atom. The molecule has 1 aromatic heterocycles. The van der Waals surface area contributed by atoms with Gasteiger partial charge in [-0.2, -0.15) is 0 Å². The van der Waals surface area contributed by atoms with Crippen LogP contribution in [0.4, 0.5) is 4.79 Å². The van der Waals surface area contributed by atoms with Crippen LogP contribution >= 0.6 is 15.9 Å². The zero-order valence-corrected chi connectivity index (χ0v) is 15.3. The highest BCUT2D eigenvalue weighted by Gasteiger charge is 2.22. The molecule has 0 aliphatic heterocycles. The topological polar surface area (TPSA) is 70.4 Å². The molecule has 0 fully saturated rings. The highest BCUT2D eigenvalue weighted by Crippen LogP contribution is 2.13. The average Bonchev–Trinajstić information content (AvgIpc) is 3.08. The molecule has 26 heavy (non-hydrogen) atoms. The van der Waals surface area contributed by atoms with E-state index >= 15 is 0 Å². The molecule has 6 nitrogen and oxygen atoms in total. The summed E-state index contributed by atoms with van der Waals surface area (Å²) < 4.78 is 11.8. The van der Waals surface area contributed by atoms with Gasteiger partial charge in [0.1, 0.15) is 17.8 Å². The van der Waals surface area contributed by atoms with Crippen molar-refractivity contribution in [2.75, 3.05) is 0 Å². The molecule has 0 saturated heterocycles. The second-order valence-corrected chi connectivity index (χ2v) is 6.17. The van der Waals surface area contributed by atoms with Crippen molar-refractivity contribution >= 4 is 28.0 Å². The number of hydrogen-bond donors (Lipinski definition) is 0. The Kier molecular flexibility index (Phi) is 5.80. The van der Waals surface area contributed by atoms with Gasteiger partial charge in [-0.1, -0.05) is 60.7 Å². The number of carbonyl (C=O) groups is 2. The number of carbonyl (C=O) groups excluding carboxylic acids is 2. The lowest BCUT2D eigenvalue weighted by atomic mass is 10.2. The third-order valence-corrected chi connectivity index (χ3v) is 3.86. The Balaban J connectivity index is 1.66. The van der Waals surface area contributed by atoms with Gasteiger partial charge in [0.05, 0.1) is 6.20 Å². The minimum atomic E-state index is -0.712. The van der Waals surface area contributed by atoms with Gasteiger partial charge in [0.2, 0.25) is 5.82 Å². The molecule has 0 aliphatic rings. The highest BCUT2D eigenvalue weighted by atomic mass is 79.9. The molecule has 0 unspecified atom stereocenters. The van der Waals surface area contributed by atoms with Crippen LogP contribution in [0.1, 0.15) is 21.7 Å². The quantitative estimate of drug-likeness (QED) is 0.585. The molecular weight excluding hydrogens is 400 g/mol. The van der Waals surface area contributed by atoms with Gasteiger partial charge >= 0.3 is 12.1 Å². The summed E-state index contributed by atoms with van der Waals surface area (Å²) in [5.41, 5.74) is 1.68. The van der Waals surface area contributed by atoms with E-state index in [1.54, 1.807) is 0 Å². The zero-order valence-electron chi connectivity index (χ0n) is 13.7. The van der Waals surface area contributed by atoms with Crippen molar-refractivity contribution in [3.63, 3.8) is 0 Å². The summed E-state index contributed by atoms with van der Waals surface area (Å²) in [6.07, 6.45) is 0.658. The van der Waals surface area contributed by atoms with Gasteiger partial charge in [-0.05, 0) is 27.1 Å². The molecule has 132 valence electrons. The number of hydrogen-bond acceptors (Lipinski definition) is 5. The minimum Gasteiger partial charge on any atom is -0.455 e. The number of rotatable bonds is 5. The predicted molar refractivity (Wildman–Crippen MR) is 97.5 cm³/mol. The van der Waals surface area contributed by atoms with E-state index in [0.29, 0.717) is 4.60 Å². The van der Waals surface area contributed by atoms with E-state index in [-0.39, 0.29) is 19.0 Å².